The number of thiocarbonyl (C=S) groups is 1. The first-order valence-corrected chi connectivity index (χ1v) is 11.0. The van der Waals surface area contributed by atoms with Gasteiger partial charge in [0.2, 0.25) is 12.7 Å². The van der Waals surface area contributed by atoms with Crippen molar-refractivity contribution in [2.24, 2.45) is 0 Å². The second-order valence-electron chi connectivity index (χ2n) is 7.12. The summed E-state index contributed by atoms with van der Waals surface area (Å²) in [5.74, 6) is -1.04. The van der Waals surface area contributed by atoms with E-state index in [9.17, 15) is 19.5 Å². The van der Waals surface area contributed by atoms with E-state index in [0.29, 0.717) is 27.1 Å². The molecule has 1 fully saturated rings. The third-order valence-electron chi connectivity index (χ3n) is 4.91. The number of aromatic carboxylic acids is 1. The van der Waals surface area contributed by atoms with Gasteiger partial charge in [0.1, 0.15) is 15.6 Å². The minimum atomic E-state index is -1.31. The molecule has 170 valence electrons. The Bertz CT molecular complexity index is 1200. The minimum absolute atomic E-state index is 0.0365. The molecular weight excluding hydrogens is 468 g/mol. The summed E-state index contributed by atoms with van der Waals surface area (Å²) in [7, 11) is 0. The fraction of sp³-hybridized carbons (Fsp3) is 0.182. The smallest absolute Gasteiger partial charge is 0.339 e. The molecule has 4 rings (SSSR count). The third kappa shape index (κ3) is 5.10. The van der Waals surface area contributed by atoms with Crippen molar-refractivity contribution in [2.75, 3.05) is 18.7 Å². The molecule has 9 nitrogen and oxygen atoms in total. The SMILES string of the molecule is O=C(CCN1C(=O)/C(=C/Cc2ccc3c(c2)OCO3)SC1=S)Nc1ccc(O)c(C(=O)O)c1. The van der Waals surface area contributed by atoms with Gasteiger partial charge in [0, 0.05) is 18.7 Å². The van der Waals surface area contributed by atoms with E-state index >= 15 is 0 Å². The zero-order valence-electron chi connectivity index (χ0n) is 17.1. The van der Waals surface area contributed by atoms with Crippen molar-refractivity contribution in [3.8, 4) is 17.2 Å². The first kappa shape index (κ1) is 22.6. The molecule has 33 heavy (non-hydrogen) atoms. The lowest BCUT2D eigenvalue weighted by molar-refractivity contribution is -0.122. The molecule has 2 aromatic rings. The predicted octanol–water partition coefficient (Wildman–Crippen LogP) is 3.13. The molecule has 0 atom stereocenters. The van der Waals surface area contributed by atoms with Crippen LogP contribution in [0, 0.1) is 0 Å². The zero-order chi connectivity index (χ0) is 23.5. The van der Waals surface area contributed by atoms with Crippen molar-refractivity contribution in [3.63, 3.8) is 0 Å². The van der Waals surface area contributed by atoms with Crippen molar-refractivity contribution < 1.29 is 34.1 Å². The van der Waals surface area contributed by atoms with E-state index in [0.717, 1.165) is 11.6 Å². The van der Waals surface area contributed by atoms with Crippen LogP contribution in [0.3, 0.4) is 0 Å². The van der Waals surface area contributed by atoms with Crippen LogP contribution < -0.4 is 14.8 Å². The van der Waals surface area contributed by atoms with Crippen molar-refractivity contribution in [1.82, 2.24) is 4.90 Å². The van der Waals surface area contributed by atoms with E-state index in [1.807, 2.05) is 18.2 Å². The van der Waals surface area contributed by atoms with Gasteiger partial charge in [0.25, 0.3) is 5.91 Å². The van der Waals surface area contributed by atoms with E-state index in [1.54, 1.807) is 6.08 Å². The van der Waals surface area contributed by atoms with Crippen LogP contribution in [0.1, 0.15) is 22.3 Å². The lowest BCUT2D eigenvalue weighted by Gasteiger charge is -2.14. The standard InChI is InChI=1S/C22H18N2O7S2/c25-15-4-3-13(10-14(15)21(28)29)23-19(26)7-8-24-20(27)18(33-22(24)32)6-2-12-1-5-16-17(9-12)31-11-30-16/h1,3-6,9-10,25H,2,7-8,11H2,(H,23,26)(H,28,29)/b18-6-. The summed E-state index contributed by atoms with van der Waals surface area (Å²) in [5.41, 5.74) is 0.861. The normalized spacial score (nSPS) is 15.9. The second-order valence-corrected chi connectivity index (χ2v) is 8.80. The number of carboxylic acids is 1. The maximum atomic E-state index is 12.7. The van der Waals surface area contributed by atoms with Crippen LogP contribution >= 0.6 is 24.0 Å². The maximum absolute atomic E-state index is 12.7. The molecule has 0 saturated carbocycles. The van der Waals surface area contributed by atoms with Crippen LogP contribution in [0.15, 0.2) is 47.4 Å². The van der Waals surface area contributed by atoms with E-state index in [1.165, 1.54) is 28.8 Å². The average molecular weight is 487 g/mol. The van der Waals surface area contributed by atoms with Crippen LogP contribution in [-0.4, -0.2) is 50.6 Å². The molecule has 0 radical (unpaired) electrons. The Morgan fingerprint density at radius 2 is 1.97 bits per heavy atom. The number of phenols is 1. The number of carbonyl (C=O) groups excluding carboxylic acids is 2. The van der Waals surface area contributed by atoms with Crippen LogP contribution in [0.5, 0.6) is 17.2 Å². The number of ether oxygens (including phenoxy) is 2. The Kier molecular flexibility index (Phi) is 6.52. The second kappa shape index (κ2) is 9.51. The van der Waals surface area contributed by atoms with Gasteiger partial charge in [0.05, 0.1) is 4.91 Å². The summed E-state index contributed by atoms with van der Waals surface area (Å²) < 4.78 is 11.0. The number of carboxylic acid groups (broad SMARTS) is 1. The lowest BCUT2D eigenvalue weighted by Crippen LogP contribution is -2.31. The van der Waals surface area contributed by atoms with E-state index < -0.39 is 17.6 Å². The van der Waals surface area contributed by atoms with Crippen LogP contribution in [0.4, 0.5) is 5.69 Å². The number of carbonyl (C=O) groups is 3. The quantitative estimate of drug-likeness (QED) is 0.307. The average Bonchev–Trinajstić information content (AvgIpc) is 3.35. The molecule has 2 heterocycles. The van der Waals surface area contributed by atoms with Gasteiger partial charge in [-0.15, -0.1) is 0 Å². The number of rotatable bonds is 7. The first-order chi connectivity index (χ1) is 15.8. The van der Waals surface area contributed by atoms with Crippen molar-refractivity contribution in [3.05, 3.63) is 58.5 Å². The predicted molar refractivity (Wildman–Crippen MR) is 125 cm³/mol. The van der Waals surface area contributed by atoms with Crippen LogP contribution in [0.25, 0.3) is 0 Å². The molecule has 2 amide bonds. The van der Waals surface area contributed by atoms with E-state index in [4.69, 9.17) is 26.8 Å². The molecule has 2 aliphatic heterocycles. The number of thioether (sulfide) groups is 1. The third-order valence-corrected chi connectivity index (χ3v) is 6.33. The molecule has 0 unspecified atom stereocenters. The van der Waals surface area contributed by atoms with Crippen molar-refractivity contribution in [2.45, 2.75) is 12.8 Å². The van der Waals surface area contributed by atoms with Crippen LogP contribution in [0.2, 0.25) is 0 Å². The van der Waals surface area contributed by atoms with E-state index in [2.05, 4.69) is 5.32 Å². The number of nitrogens with zero attached hydrogens (tertiary/aromatic N) is 1. The van der Waals surface area contributed by atoms with Gasteiger partial charge in [-0.3, -0.25) is 14.5 Å². The monoisotopic (exact) mass is 486 g/mol. The van der Waals surface area contributed by atoms with Crippen LogP contribution in [-0.2, 0) is 16.0 Å². The Morgan fingerprint density at radius 3 is 2.76 bits per heavy atom. The summed E-state index contributed by atoms with van der Waals surface area (Å²) in [5, 5.41) is 21.2. The van der Waals surface area contributed by atoms with Gasteiger partial charge in [-0.25, -0.2) is 4.79 Å². The lowest BCUT2D eigenvalue weighted by atomic mass is 10.1. The summed E-state index contributed by atoms with van der Waals surface area (Å²) in [4.78, 5) is 38.0. The summed E-state index contributed by atoms with van der Waals surface area (Å²) in [6.07, 6.45) is 2.26. The summed E-state index contributed by atoms with van der Waals surface area (Å²) in [6, 6.07) is 9.32. The van der Waals surface area contributed by atoms with Crippen molar-refractivity contribution in [1.29, 1.82) is 0 Å². The molecule has 2 aliphatic rings. The molecule has 0 bridgehead atoms. The molecule has 0 aromatic heterocycles. The molecule has 0 aliphatic carbocycles. The molecular formula is C22H18N2O7S2. The summed E-state index contributed by atoms with van der Waals surface area (Å²) >= 11 is 6.48. The number of anilines is 1. The van der Waals surface area contributed by atoms with Gasteiger partial charge in [-0.2, -0.15) is 0 Å². The van der Waals surface area contributed by atoms with E-state index in [-0.39, 0.29) is 36.9 Å². The number of nitrogens with one attached hydrogen (secondary N) is 1. The molecule has 3 N–H and O–H groups in total. The Balaban J connectivity index is 1.33. The highest BCUT2D eigenvalue weighted by Gasteiger charge is 2.32. The number of amides is 2. The molecule has 0 spiro atoms. The molecule has 1 saturated heterocycles. The van der Waals surface area contributed by atoms with Crippen molar-refractivity contribution >= 4 is 51.8 Å². The number of hydrogen-bond donors (Lipinski definition) is 3. The number of fused-ring (bicyclic) bond motifs is 1. The minimum Gasteiger partial charge on any atom is -0.507 e. The molecule has 2 aromatic carbocycles. The first-order valence-electron chi connectivity index (χ1n) is 9.80. The Labute approximate surface area is 198 Å². The highest BCUT2D eigenvalue weighted by Crippen LogP contribution is 2.34. The number of benzene rings is 2. The maximum Gasteiger partial charge on any atom is 0.339 e. The van der Waals surface area contributed by atoms with Gasteiger partial charge in [-0.05, 0) is 42.3 Å². The number of allylic oxidation sites excluding steroid dienone is 1. The summed E-state index contributed by atoms with van der Waals surface area (Å²) in [6.45, 7) is 0.278. The van der Waals surface area contributed by atoms with Gasteiger partial charge in [-0.1, -0.05) is 36.1 Å². The highest BCUT2D eigenvalue weighted by atomic mass is 32.2. The Morgan fingerprint density at radius 1 is 1.18 bits per heavy atom. The fourth-order valence-electron chi connectivity index (χ4n) is 3.23. The van der Waals surface area contributed by atoms with Gasteiger partial charge >= 0.3 is 5.97 Å². The number of hydrogen-bond acceptors (Lipinski definition) is 8. The molecule has 11 heteroatoms. The van der Waals surface area contributed by atoms with Gasteiger partial charge < -0.3 is 25.0 Å². The van der Waals surface area contributed by atoms with Gasteiger partial charge in [0.15, 0.2) is 11.5 Å². The Hall–Kier alpha value is -3.57. The largest absolute Gasteiger partial charge is 0.507 e. The topological polar surface area (TPSA) is 125 Å². The highest BCUT2D eigenvalue weighted by molar-refractivity contribution is 8.26. The fourth-order valence-corrected chi connectivity index (χ4v) is 4.51. The number of aromatic hydroxyl groups is 1. The zero-order valence-corrected chi connectivity index (χ0v) is 18.7.